The maximum atomic E-state index is 8.40. The summed E-state index contributed by atoms with van der Waals surface area (Å²) < 4.78 is 0. The molecule has 0 unspecified atom stereocenters. The normalized spacial score (nSPS) is 9.81. The van der Waals surface area contributed by atoms with E-state index in [4.69, 9.17) is 5.53 Å². The van der Waals surface area contributed by atoms with Gasteiger partial charge in [-0.15, -0.1) is 11.3 Å². The average molecular weight is 249 g/mol. The lowest BCUT2D eigenvalue weighted by Gasteiger charge is -2.01. The molecule has 0 aliphatic rings. The molecule has 0 saturated heterocycles. The fourth-order valence-electron chi connectivity index (χ4n) is 1.15. The molecule has 0 N–H and O–H groups in total. The second-order valence-corrected chi connectivity index (χ2v) is 4.49. The van der Waals surface area contributed by atoms with Crippen molar-refractivity contribution in [2.24, 2.45) is 5.11 Å². The van der Waals surface area contributed by atoms with Crippen molar-refractivity contribution in [1.29, 1.82) is 0 Å². The van der Waals surface area contributed by atoms with Gasteiger partial charge in [0, 0.05) is 4.91 Å². The lowest BCUT2D eigenvalue weighted by atomic mass is 10.3. The van der Waals surface area contributed by atoms with Crippen molar-refractivity contribution in [3.8, 4) is 10.6 Å². The van der Waals surface area contributed by atoms with E-state index in [9.17, 15) is 0 Å². The largest absolute Gasteiger partial charge is 0.222 e. The summed E-state index contributed by atoms with van der Waals surface area (Å²) in [5.74, 6) is 0.352. The fraction of sp³-hybridized carbons (Fsp3) is 0.111. The van der Waals surface area contributed by atoms with E-state index < -0.39 is 0 Å². The van der Waals surface area contributed by atoms with Crippen LogP contribution in [-0.4, -0.2) is 16.2 Å². The Morgan fingerprint density at radius 2 is 2.38 bits per heavy atom. The number of nitrogens with zero attached hydrogens (tertiary/aromatic N) is 5. The summed E-state index contributed by atoms with van der Waals surface area (Å²) in [5.41, 5.74) is 9.19. The quantitative estimate of drug-likeness (QED) is 0.272. The van der Waals surface area contributed by atoms with Crippen molar-refractivity contribution >= 4 is 28.9 Å². The van der Waals surface area contributed by atoms with E-state index in [1.807, 2.05) is 23.8 Å². The maximum Gasteiger partial charge on any atom is 0.188 e. The molecular weight excluding hydrogens is 242 g/mol. The van der Waals surface area contributed by atoms with Gasteiger partial charge in [-0.1, -0.05) is 17.8 Å². The molecule has 0 fully saturated rings. The fourth-order valence-corrected chi connectivity index (χ4v) is 2.21. The van der Waals surface area contributed by atoms with Crippen molar-refractivity contribution in [2.45, 2.75) is 5.16 Å². The Bertz CT molecular complexity index is 531. The van der Waals surface area contributed by atoms with Crippen LogP contribution < -0.4 is 0 Å². The Balaban J connectivity index is 2.53. The van der Waals surface area contributed by atoms with Gasteiger partial charge in [-0.3, -0.25) is 0 Å². The third-order valence-electron chi connectivity index (χ3n) is 1.80. The third-order valence-corrected chi connectivity index (χ3v) is 3.24. The van der Waals surface area contributed by atoms with Crippen LogP contribution >= 0.6 is 23.1 Å². The molecule has 16 heavy (non-hydrogen) atoms. The minimum atomic E-state index is 0.352. The van der Waals surface area contributed by atoms with E-state index in [2.05, 4.69) is 20.0 Å². The van der Waals surface area contributed by atoms with Crippen molar-refractivity contribution < 1.29 is 0 Å². The molecule has 80 valence electrons. The topological polar surface area (TPSA) is 74.5 Å². The smallest absolute Gasteiger partial charge is 0.188 e. The summed E-state index contributed by atoms with van der Waals surface area (Å²) in [6, 6.07) is 5.61. The van der Waals surface area contributed by atoms with Crippen molar-refractivity contribution in [3.05, 3.63) is 34.0 Å². The predicted molar refractivity (Wildman–Crippen MR) is 65.9 cm³/mol. The molecule has 0 aromatic carbocycles. The maximum absolute atomic E-state index is 8.40. The highest BCUT2D eigenvalue weighted by Gasteiger charge is 2.05. The van der Waals surface area contributed by atoms with E-state index in [1.54, 1.807) is 17.4 Å². The number of thioether (sulfide) groups is 1. The minimum Gasteiger partial charge on any atom is -0.222 e. The SMILES string of the molecule is CSc1nc(N=[N+]=[N-])cc(-c2cccs2)n1. The molecule has 2 aromatic heterocycles. The number of azide groups is 1. The molecule has 2 rings (SSSR count). The van der Waals surface area contributed by atoms with Crippen LogP contribution in [0.25, 0.3) is 21.0 Å². The summed E-state index contributed by atoms with van der Waals surface area (Å²) in [7, 11) is 0. The molecule has 0 spiro atoms. The van der Waals surface area contributed by atoms with Crippen LogP contribution in [0.4, 0.5) is 5.82 Å². The zero-order valence-electron chi connectivity index (χ0n) is 8.36. The van der Waals surface area contributed by atoms with Crippen LogP contribution in [0.15, 0.2) is 33.8 Å². The Labute approximate surface area is 100 Å². The molecule has 0 radical (unpaired) electrons. The van der Waals surface area contributed by atoms with Gasteiger partial charge in [-0.25, -0.2) is 9.97 Å². The molecule has 0 atom stereocenters. The Morgan fingerprint density at radius 1 is 1.50 bits per heavy atom. The molecule has 0 aliphatic carbocycles. The molecule has 2 aromatic rings. The highest BCUT2D eigenvalue weighted by molar-refractivity contribution is 7.98. The van der Waals surface area contributed by atoms with Gasteiger partial charge in [0.05, 0.1) is 10.6 Å². The number of aromatic nitrogens is 2. The first-order chi connectivity index (χ1) is 7.83. The van der Waals surface area contributed by atoms with Crippen LogP contribution in [0, 0.1) is 0 Å². The summed E-state index contributed by atoms with van der Waals surface area (Å²) >= 11 is 3.01. The lowest BCUT2D eigenvalue weighted by molar-refractivity contribution is 0.973. The van der Waals surface area contributed by atoms with Gasteiger partial charge in [0.25, 0.3) is 0 Å². The van der Waals surface area contributed by atoms with Crippen LogP contribution in [0.3, 0.4) is 0 Å². The monoisotopic (exact) mass is 249 g/mol. The molecule has 0 bridgehead atoms. The van der Waals surface area contributed by atoms with Gasteiger partial charge in [-0.05, 0) is 34.4 Å². The number of rotatable bonds is 3. The van der Waals surface area contributed by atoms with E-state index >= 15 is 0 Å². The lowest BCUT2D eigenvalue weighted by Crippen LogP contribution is -1.88. The average Bonchev–Trinajstić information content (AvgIpc) is 2.82. The van der Waals surface area contributed by atoms with Gasteiger partial charge in [-0.2, -0.15) is 0 Å². The summed E-state index contributed by atoms with van der Waals surface area (Å²) in [6.07, 6.45) is 1.88. The minimum absolute atomic E-state index is 0.352. The van der Waals surface area contributed by atoms with Gasteiger partial charge < -0.3 is 0 Å². The molecular formula is C9H7N5S2. The first kappa shape index (κ1) is 10.9. The predicted octanol–water partition coefficient (Wildman–Crippen LogP) is 3.87. The van der Waals surface area contributed by atoms with Gasteiger partial charge in [0.15, 0.2) is 5.16 Å². The molecule has 5 nitrogen and oxygen atoms in total. The highest BCUT2D eigenvalue weighted by atomic mass is 32.2. The first-order valence-electron chi connectivity index (χ1n) is 4.35. The summed E-state index contributed by atoms with van der Waals surface area (Å²) in [6.45, 7) is 0. The van der Waals surface area contributed by atoms with E-state index in [0.717, 1.165) is 10.6 Å². The van der Waals surface area contributed by atoms with Gasteiger partial charge in [0.2, 0.25) is 0 Å². The van der Waals surface area contributed by atoms with E-state index in [1.165, 1.54) is 11.8 Å². The number of thiophene rings is 1. The highest BCUT2D eigenvalue weighted by Crippen LogP contribution is 2.27. The zero-order valence-corrected chi connectivity index (χ0v) is 9.99. The van der Waals surface area contributed by atoms with Crippen molar-refractivity contribution in [3.63, 3.8) is 0 Å². The zero-order chi connectivity index (χ0) is 11.4. The van der Waals surface area contributed by atoms with Crippen LogP contribution in [0.5, 0.6) is 0 Å². The Morgan fingerprint density at radius 3 is 3.00 bits per heavy atom. The van der Waals surface area contributed by atoms with Crippen LogP contribution in [0.1, 0.15) is 0 Å². The van der Waals surface area contributed by atoms with Crippen molar-refractivity contribution in [2.75, 3.05) is 6.26 Å². The molecule has 0 amide bonds. The number of hydrogen-bond acceptors (Lipinski definition) is 5. The summed E-state index contributed by atoms with van der Waals surface area (Å²) in [4.78, 5) is 12.2. The van der Waals surface area contributed by atoms with Gasteiger partial charge >= 0.3 is 0 Å². The second-order valence-electron chi connectivity index (χ2n) is 2.76. The molecule has 0 saturated carbocycles. The summed E-state index contributed by atoms with van der Waals surface area (Å²) in [5, 5.41) is 6.09. The molecule has 2 heterocycles. The van der Waals surface area contributed by atoms with E-state index in [0.29, 0.717) is 11.0 Å². The molecule has 0 aliphatic heterocycles. The van der Waals surface area contributed by atoms with E-state index in [-0.39, 0.29) is 0 Å². The molecule has 7 heteroatoms. The Hall–Kier alpha value is -1.56. The third kappa shape index (κ3) is 2.33. The Kier molecular flexibility index (Phi) is 3.40. The van der Waals surface area contributed by atoms with Gasteiger partial charge in [0.1, 0.15) is 5.82 Å². The standard InChI is InChI=1S/C9H7N5S2/c1-15-9-11-6(7-3-2-4-16-7)5-8(12-9)13-14-10/h2-5H,1H3. The second kappa shape index (κ2) is 4.98. The first-order valence-corrected chi connectivity index (χ1v) is 6.46. The van der Waals surface area contributed by atoms with Crippen LogP contribution in [-0.2, 0) is 0 Å². The number of hydrogen-bond donors (Lipinski definition) is 0. The van der Waals surface area contributed by atoms with Crippen molar-refractivity contribution in [1.82, 2.24) is 9.97 Å². The van der Waals surface area contributed by atoms with Crippen LogP contribution in [0.2, 0.25) is 0 Å².